The van der Waals surface area contributed by atoms with Gasteiger partial charge in [0.15, 0.2) is 0 Å². The molecule has 3 aliphatic rings. The Morgan fingerprint density at radius 2 is 1.72 bits per heavy atom. The van der Waals surface area contributed by atoms with Gasteiger partial charge in [-0.05, 0) is 42.4 Å². The van der Waals surface area contributed by atoms with Crippen molar-refractivity contribution < 1.29 is 19.2 Å². The molecular formula is C19H20N2O4. The highest BCUT2D eigenvalue weighted by Gasteiger charge is 2.39. The molecule has 0 unspecified atom stereocenters. The highest BCUT2D eigenvalue weighted by atomic mass is 16.2. The highest BCUT2D eigenvalue weighted by Crippen LogP contribution is 2.35. The van der Waals surface area contributed by atoms with Gasteiger partial charge in [-0.15, -0.1) is 0 Å². The van der Waals surface area contributed by atoms with Gasteiger partial charge < -0.3 is 4.90 Å². The first-order chi connectivity index (χ1) is 12.0. The number of benzene rings is 1. The third kappa shape index (κ3) is 2.86. The van der Waals surface area contributed by atoms with Crippen molar-refractivity contribution in [2.24, 2.45) is 0 Å². The van der Waals surface area contributed by atoms with Gasteiger partial charge >= 0.3 is 0 Å². The summed E-state index contributed by atoms with van der Waals surface area (Å²) in [4.78, 5) is 49.1. The number of ketones is 1. The van der Waals surface area contributed by atoms with Crippen LogP contribution in [0.5, 0.6) is 0 Å². The Balaban J connectivity index is 1.54. The lowest BCUT2D eigenvalue weighted by atomic mass is 9.83. The van der Waals surface area contributed by atoms with Gasteiger partial charge in [0.25, 0.3) is 5.91 Å². The van der Waals surface area contributed by atoms with E-state index in [1.807, 2.05) is 12.1 Å². The van der Waals surface area contributed by atoms with Gasteiger partial charge in [0.1, 0.15) is 11.8 Å². The quantitative estimate of drug-likeness (QED) is 0.830. The van der Waals surface area contributed by atoms with E-state index in [1.54, 1.807) is 4.90 Å². The van der Waals surface area contributed by atoms with Crippen molar-refractivity contribution in [2.75, 3.05) is 0 Å². The van der Waals surface area contributed by atoms with Crippen LogP contribution < -0.4 is 5.32 Å². The second kappa shape index (κ2) is 6.10. The molecule has 0 aromatic heterocycles. The van der Waals surface area contributed by atoms with Crippen molar-refractivity contribution in [2.45, 2.75) is 57.0 Å². The molecule has 1 aromatic rings. The van der Waals surface area contributed by atoms with Gasteiger partial charge in [-0.1, -0.05) is 12.1 Å². The molecular weight excluding hydrogens is 320 g/mol. The smallest absolute Gasteiger partial charge is 0.255 e. The first-order valence-corrected chi connectivity index (χ1v) is 8.82. The number of hydrogen-bond acceptors (Lipinski definition) is 4. The Hall–Kier alpha value is -2.50. The van der Waals surface area contributed by atoms with E-state index < -0.39 is 6.04 Å². The van der Waals surface area contributed by atoms with Gasteiger partial charge in [-0.3, -0.25) is 24.5 Å². The van der Waals surface area contributed by atoms with E-state index in [0.717, 1.165) is 18.4 Å². The summed E-state index contributed by atoms with van der Waals surface area (Å²) in [5, 5.41) is 2.32. The molecule has 1 saturated carbocycles. The molecule has 1 aliphatic carbocycles. The Morgan fingerprint density at radius 3 is 2.44 bits per heavy atom. The fraction of sp³-hybridized carbons (Fsp3) is 0.474. The molecule has 6 heteroatoms. The SMILES string of the molecule is O=C1CCC(c2ccc3c(c2)CN([C@H]2CCC(=O)NC2=O)C3=O)CC1. The van der Waals surface area contributed by atoms with Crippen molar-refractivity contribution in [3.8, 4) is 0 Å². The van der Waals surface area contributed by atoms with Crippen LogP contribution in [0.4, 0.5) is 0 Å². The van der Waals surface area contributed by atoms with E-state index in [9.17, 15) is 19.2 Å². The Labute approximate surface area is 145 Å². The summed E-state index contributed by atoms with van der Waals surface area (Å²) in [7, 11) is 0. The minimum absolute atomic E-state index is 0.144. The zero-order valence-electron chi connectivity index (χ0n) is 13.9. The normalized spacial score (nSPS) is 24.5. The second-order valence-corrected chi connectivity index (χ2v) is 7.13. The van der Waals surface area contributed by atoms with Crippen LogP contribution in [0.15, 0.2) is 18.2 Å². The minimum Gasteiger partial charge on any atom is -0.322 e. The first-order valence-electron chi connectivity index (χ1n) is 8.82. The van der Waals surface area contributed by atoms with Crippen LogP contribution in [-0.2, 0) is 20.9 Å². The molecule has 1 N–H and O–H groups in total. The molecule has 0 bridgehead atoms. The fourth-order valence-corrected chi connectivity index (χ4v) is 4.12. The number of carbonyl (C=O) groups excluding carboxylic acids is 4. The zero-order valence-corrected chi connectivity index (χ0v) is 13.9. The van der Waals surface area contributed by atoms with Gasteiger partial charge in [-0.2, -0.15) is 0 Å². The Bertz CT molecular complexity index is 776. The van der Waals surface area contributed by atoms with Crippen molar-refractivity contribution in [1.29, 1.82) is 0 Å². The number of Topliss-reactive ketones (excluding diaryl/α,β-unsaturated/α-hetero) is 1. The summed E-state index contributed by atoms with van der Waals surface area (Å²) in [5.74, 6) is -0.114. The van der Waals surface area contributed by atoms with Gasteiger partial charge in [0.2, 0.25) is 11.8 Å². The molecule has 2 aliphatic heterocycles. The number of hydrogen-bond donors (Lipinski definition) is 1. The molecule has 4 rings (SSSR count). The molecule has 0 radical (unpaired) electrons. The Kier molecular flexibility index (Phi) is 3.90. The minimum atomic E-state index is -0.576. The third-order valence-electron chi connectivity index (χ3n) is 5.56. The molecule has 0 spiro atoms. The third-order valence-corrected chi connectivity index (χ3v) is 5.56. The van der Waals surface area contributed by atoms with E-state index in [-0.39, 0.29) is 24.1 Å². The molecule has 1 saturated heterocycles. The van der Waals surface area contributed by atoms with Crippen LogP contribution in [-0.4, -0.2) is 34.4 Å². The van der Waals surface area contributed by atoms with Crippen LogP contribution in [0.2, 0.25) is 0 Å². The number of amides is 3. The monoisotopic (exact) mass is 340 g/mol. The van der Waals surface area contributed by atoms with E-state index in [0.29, 0.717) is 43.1 Å². The predicted octanol–water partition coefficient (Wildman–Crippen LogP) is 1.67. The van der Waals surface area contributed by atoms with E-state index in [2.05, 4.69) is 11.4 Å². The lowest BCUT2D eigenvalue weighted by molar-refractivity contribution is -0.137. The van der Waals surface area contributed by atoms with Gasteiger partial charge in [0.05, 0.1) is 0 Å². The number of nitrogens with zero attached hydrogens (tertiary/aromatic N) is 1. The summed E-state index contributed by atoms with van der Waals surface area (Å²) in [6, 6.07) is 5.30. The van der Waals surface area contributed by atoms with E-state index in [1.165, 1.54) is 5.56 Å². The molecule has 1 aromatic carbocycles. The topological polar surface area (TPSA) is 83.6 Å². The molecule has 1 atom stereocenters. The standard InChI is InChI=1S/C19H20N2O4/c22-14-4-1-11(2-5-14)12-3-6-15-13(9-12)10-21(19(15)25)16-7-8-17(23)20-18(16)24/h3,6,9,11,16H,1-2,4-5,7-8,10H2,(H,20,23,24)/t16-/m0/s1. The first kappa shape index (κ1) is 16.0. The maximum atomic E-state index is 12.7. The summed E-state index contributed by atoms with van der Waals surface area (Å²) in [6.45, 7) is 0.403. The molecule has 2 heterocycles. The number of nitrogens with one attached hydrogen (secondary N) is 1. The lowest BCUT2D eigenvalue weighted by Crippen LogP contribution is -2.52. The number of rotatable bonds is 2. The zero-order chi connectivity index (χ0) is 17.6. The van der Waals surface area contributed by atoms with Crippen LogP contribution in [0.1, 0.15) is 65.9 Å². The predicted molar refractivity (Wildman–Crippen MR) is 88.7 cm³/mol. The molecule has 130 valence electrons. The number of fused-ring (bicyclic) bond motifs is 1. The number of piperidine rings is 1. The highest BCUT2D eigenvalue weighted by molar-refractivity contribution is 6.05. The van der Waals surface area contributed by atoms with Crippen molar-refractivity contribution in [1.82, 2.24) is 10.2 Å². The summed E-state index contributed by atoms with van der Waals surface area (Å²) in [6.07, 6.45) is 3.62. The maximum Gasteiger partial charge on any atom is 0.255 e. The summed E-state index contributed by atoms with van der Waals surface area (Å²) >= 11 is 0. The average molecular weight is 340 g/mol. The van der Waals surface area contributed by atoms with Gasteiger partial charge in [-0.25, -0.2) is 0 Å². The molecule has 25 heavy (non-hydrogen) atoms. The number of carbonyl (C=O) groups is 4. The van der Waals surface area contributed by atoms with E-state index >= 15 is 0 Å². The largest absolute Gasteiger partial charge is 0.322 e. The Morgan fingerprint density at radius 1 is 0.960 bits per heavy atom. The van der Waals surface area contributed by atoms with Crippen molar-refractivity contribution in [3.05, 3.63) is 34.9 Å². The van der Waals surface area contributed by atoms with Crippen LogP contribution in [0.25, 0.3) is 0 Å². The van der Waals surface area contributed by atoms with Crippen molar-refractivity contribution in [3.63, 3.8) is 0 Å². The second-order valence-electron chi connectivity index (χ2n) is 7.13. The molecule has 3 amide bonds. The maximum absolute atomic E-state index is 12.7. The molecule has 2 fully saturated rings. The van der Waals surface area contributed by atoms with Crippen LogP contribution >= 0.6 is 0 Å². The lowest BCUT2D eigenvalue weighted by Gasteiger charge is -2.29. The summed E-state index contributed by atoms with van der Waals surface area (Å²) < 4.78 is 0. The fourth-order valence-electron chi connectivity index (χ4n) is 4.12. The van der Waals surface area contributed by atoms with Gasteiger partial charge in [0, 0.05) is 31.4 Å². The number of imide groups is 1. The summed E-state index contributed by atoms with van der Waals surface area (Å²) in [5.41, 5.74) is 2.74. The van der Waals surface area contributed by atoms with E-state index in [4.69, 9.17) is 0 Å². The average Bonchev–Trinajstić information content (AvgIpc) is 2.92. The van der Waals surface area contributed by atoms with Crippen LogP contribution in [0.3, 0.4) is 0 Å². The van der Waals surface area contributed by atoms with Crippen molar-refractivity contribution >= 4 is 23.5 Å². The van der Waals surface area contributed by atoms with Crippen LogP contribution in [0, 0.1) is 0 Å². The molecule has 6 nitrogen and oxygen atoms in total.